The summed E-state index contributed by atoms with van der Waals surface area (Å²) in [5.74, 6) is 0. The van der Waals surface area contributed by atoms with Crippen LogP contribution in [0, 0.1) is 0 Å². The average Bonchev–Trinajstić information content (AvgIpc) is 2.66. The van der Waals surface area contributed by atoms with Crippen molar-refractivity contribution in [1.82, 2.24) is 4.98 Å². The fourth-order valence-corrected chi connectivity index (χ4v) is 3.78. The van der Waals surface area contributed by atoms with Crippen LogP contribution in [0.4, 0.5) is 11.4 Å². The van der Waals surface area contributed by atoms with Crippen LogP contribution in [0.2, 0.25) is 0 Å². The highest BCUT2D eigenvalue weighted by molar-refractivity contribution is 5.74. The predicted octanol–water partition coefficient (Wildman–Crippen LogP) is 4.45. The molecule has 2 atom stereocenters. The summed E-state index contributed by atoms with van der Waals surface area (Å²) in [5, 5.41) is 0. The van der Waals surface area contributed by atoms with E-state index in [4.69, 9.17) is 0 Å². The molecule has 3 nitrogen and oxygen atoms in total. The molecule has 0 unspecified atom stereocenters. The van der Waals surface area contributed by atoms with Crippen LogP contribution in [0.5, 0.6) is 0 Å². The van der Waals surface area contributed by atoms with E-state index in [1.807, 2.05) is 12.4 Å². The highest BCUT2D eigenvalue weighted by atomic mass is 15.3. The number of aromatic nitrogens is 1. The molecule has 4 rings (SSSR count). The predicted molar refractivity (Wildman–Crippen MR) is 99.4 cm³/mol. The smallest absolute Gasteiger partial charge is 0.0793 e. The quantitative estimate of drug-likeness (QED) is 0.696. The molecule has 0 radical (unpaired) electrons. The first-order valence-electron chi connectivity index (χ1n) is 8.27. The summed E-state index contributed by atoms with van der Waals surface area (Å²) in [5.41, 5.74) is 5.02. The molecule has 1 aromatic heterocycles. The largest absolute Gasteiger partial charge is 0.363 e. The van der Waals surface area contributed by atoms with E-state index >= 15 is 0 Å². The molecule has 2 heterocycles. The first-order valence-corrected chi connectivity index (χ1v) is 8.27. The third-order valence-corrected chi connectivity index (χ3v) is 4.95. The molecule has 120 valence electrons. The first-order chi connectivity index (χ1) is 11.8. The maximum atomic E-state index is 4.34. The third kappa shape index (κ3) is 2.33. The Morgan fingerprint density at radius 3 is 1.71 bits per heavy atom. The molecule has 1 aliphatic rings. The Labute approximate surface area is 143 Å². The summed E-state index contributed by atoms with van der Waals surface area (Å²) in [6.07, 6.45) is 3.83. The Balaban J connectivity index is 1.91. The van der Waals surface area contributed by atoms with Gasteiger partial charge in [-0.3, -0.25) is 4.98 Å². The van der Waals surface area contributed by atoms with Gasteiger partial charge in [0, 0.05) is 20.3 Å². The fourth-order valence-electron chi connectivity index (χ4n) is 3.78. The van der Waals surface area contributed by atoms with Gasteiger partial charge in [-0.2, -0.15) is 0 Å². The monoisotopic (exact) mass is 315 g/mol. The lowest BCUT2D eigenvalue weighted by Crippen LogP contribution is -2.42. The van der Waals surface area contributed by atoms with Crippen LogP contribution in [0.1, 0.15) is 23.2 Å². The lowest BCUT2D eigenvalue weighted by atomic mass is 9.88. The highest BCUT2D eigenvalue weighted by Gasteiger charge is 2.37. The van der Waals surface area contributed by atoms with Crippen molar-refractivity contribution >= 4 is 11.4 Å². The van der Waals surface area contributed by atoms with Crippen molar-refractivity contribution in [2.45, 2.75) is 12.1 Å². The number of rotatable bonds is 2. The second kappa shape index (κ2) is 6.00. The first kappa shape index (κ1) is 14.8. The maximum Gasteiger partial charge on any atom is 0.0793 e. The summed E-state index contributed by atoms with van der Waals surface area (Å²) in [4.78, 5) is 9.08. The summed E-state index contributed by atoms with van der Waals surface area (Å²) in [6.45, 7) is 0. The average molecular weight is 315 g/mol. The minimum absolute atomic E-state index is 0.232. The van der Waals surface area contributed by atoms with Crippen molar-refractivity contribution in [3.8, 4) is 0 Å². The summed E-state index contributed by atoms with van der Waals surface area (Å²) in [6, 6.07) is 24.1. The van der Waals surface area contributed by atoms with Crippen molar-refractivity contribution in [2.75, 3.05) is 23.9 Å². The van der Waals surface area contributed by atoms with Crippen molar-refractivity contribution in [3.63, 3.8) is 0 Å². The van der Waals surface area contributed by atoms with Gasteiger partial charge >= 0.3 is 0 Å². The van der Waals surface area contributed by atoms with Crippen LogP contribution < -0.4 is 9.80 Å². The lowest BCUT2D eigenvalue weighted by Gasteiger charge is -2.47. The molecule has 3 heteroatoms. The Kier molecular flexibility index (Phi) is 3.69. The van der Waals surface area contributed by atoms with Gasteiger partial charge in [-0.1, -0.05) is 60.7 Å². The lowest BCUT2D eigenvalue weighted by molar-refractivity contribution is 0.501. The normalized spacial score (nSPS) is 19.9. The van der Waals surface area contributed by atoms with E-state index in [2.05, 4.69) is 95.6 Å². The van der Waals surface area contributed by atoms with E-state index in [1.165, 1.54) is 22.5 Å². The molecular formula is C21H21N3. The number of nitrogens with zero attached hydrogens (tertiary/aromatic N) is 3. The van der Waals surface area contributed by atoms with Crippen molar-refractivity contribution in [3.05, 3.63) is 90.3 Å². The molecule has 1 aliphatic heterocycles. The van der Waals surface area contributed by atoms with Crippen LogP contribution in [-0.2, 0) is 0 Å². The van der Waals surface area contributed by atoms with E-state index in [0.717, 1.165) is 0 Å². The van der Waals surface area contributed by atoms with Crippen LogP contribution in [0.25, 0.3) is 0 Å². The second-order valence-electron chi connectivity index (χ2n) is 6.30. The van der Waals surface area contributed by atoms with Crippen LogP contribution >= 0.6 is 0 Å². The van der Waals surface area contributed by atoms with Crippen molar-refractivity contribution in [1.29, 1.82) is 0 Å². The zero-order valence-corrected chi connectivity index (χ0v) is 14.0. The van der Waals surface area contributed by atoms with Gasteiger partial charge in [0.05, 0.1) is 29.7 Å². The van der Waals surface area contributed by atoms with Gasteiger partial charge < -0.3 is 9.80 Å². The number of benzene rings is 2. The van der Waals surface area contributed by atoms with E-state index in [-0.39, 0.29) is 12.1 Å². The Morgan fingerprint density at radius 2 is 1.17 bits per heavy atom. The van der Waals surface area contributed by atoms with E-state index in [9.17, 15) is 0 Å². The van der Waals surface area contributed by atoms with Gasteiger partial charge in [-0.05, 0) is 17.2 Å². The molecule has 24 heavy (non-hydrogen) atoms. The van der Waals surface area contributed by atoms with E-state index in [1.54, 1.807) is 0 Å². The van der Waals surface area contributed by atoms with Crippen molar-refractivity contribution < 1.29 is 0 Å². The Morgan fingerprint density at radius 1 is 0.667 bits per heavy atom. The third-order valence-electron chi connectivity index (χ3n) is 4.95. The molecule has 3 aromatic rings. The number of hydrogen-bond acceptors (Lipinski definition) is 3. The molecule has 0 spiro atoms. The molecule has 0 saturated carbocycles. The number of hydrogen-bond donors (Lipinski definition) is 0. The highest BCUT2D eigenvalue weighted by Crippen LogP contribution is 2.48. The molecule has 0 bridgehead atoms. The number of likely N-dealkylation sites (N-methyl/N-ethyl adjacent to an activating group) is 2. The topological polar surface area (TPSA) is 19.4 Å². The van der Waals surface area contributed by atoms with Gasteiger partial charge in [0.2, 0.25) is 0 Å². The maximum absolute atomic E-state index is 4.34. The van der Waals surface area contributed by atoms with Crippen LogP contribution in [0.3, 0.4) is 0 Å². The van der Waals surface area contributed by atoms with Crippen LogP contribution in [0.15, 0.2) is 79.1 Å². The zero-order valence-electron chi connectivity index (χ0n) is 14.0. The number of anilines is 2. The van der Waals surface area contributed by atoms with Crippen molar-refractivity contribution in [2.24, 2.45) is 0 Å². The van der Waals surface area contributed by atoms with Crippen LogP contribution in [-0.4, -0.2) is 19.1 Å². The minimum Gasteiger partial charge on any atom is -0.363 e. The molecule has 0 saturated heterocycles. The Hall–Kier alpha value is -2.81. The van der Waals surface area contributed by atoms with E-state index < -0.39 is 0 Å². The molecule has 0 N–H and O–H groups in total. The standard InChI is InChI=1S/C21H21N3/c1-23-18-13-14-22-15-19(18)24(2)21(17-11-7-4-8-12-17)20(23)16-9-5-3-6-10-16/h3-15,20-21H,1-2H3/t20-,21+/m0/s1. The minimum atomic E-state index is 0.232. The fraction of sp³-hybridized carbons (Fsp3) is 0.190. The molecule has 0 amide bonds. The van der Waals surface area contributed by atoms with Gasteiger partial charge in [0.15, 0.2) is 0 Å². The zero-order chi connectivity index (χ0) is 16.5. The molecule has 2 aromatic carbocycles. The molecule has 0 fully saturated rings. The molecular weight excluding hydrogens is 294 g/mol. The van der Waals surface area contributed by atoms with Gasteiger partial charge in [0.1, 0.15) is 0 Å². The molecule has 0 aliphatic carbocycles. The number of fused-ring (bicyclic) bond motifs is 1. The summed E-state index contributed by atoms with van der Waals surface area (Å²) >= 11 is 0. The summed E-state index contributed by atoms with van der Waals surface area (Å²) in [7, 11) is 4.35. The Bertz CT molecular complexity index is 746. The summed E-state index contributed by atoms with van der Waals surface area (Å²) < 4.78 is 0. The second-order valence-corrected chi connectivity index (χ2v) is 6.30. The van der Waals surface area contributed by atoms with Gasteiger partial charge in [-0.15, -0.1) is 0 Å². The van der Waals surface area contributed by atoms with Gasteiger partial charge in [0.25, 0.3) is 0 Å². The van der Waals surface area contributed by atoms with E-state index in [0.29, 0.717) is 0 Å². The SMILES string of the molecule is CN1c2cnccc2N(C)[C@@H](c2ccccc2)[C@H]1c1ccccc1. The number of pyridine rings is 1. The van der Waals surface area contributed by atoms with Gasteiger partial charge in [-0.25, -0.2) is 0 Å².